The van der Waals surface area contributed by atoms with Gasteiger partial charge >= 0.3 is 5.97 Å². The Morgan fingerprint density at radius 2 is 2.22 bits per heavy atom. The monoisotopic (exact) mass is 247 g/mol. The second kappa shape index (κ2) is 5.31. The van der Waals surface area contributed by atoms with E-state index in [-0.39, 0.29) is 6.42 Å². The van der Waals surface area contributed by atoms with Gasteiger partial charge < -0.3 is 9.84 Å². The number of hydrogen-bond donors (Lipinski definition) is 1. The number of carboxylic acids is 1. The van der Waals surface area contributed by atoms with Crippen LogP contribution in [0.1, 0.15) is 12.6 Å². The molecule has 0 atom stereocenters. The summed E-state index contributed by atoms with van der Waals surface area (Å²) in [5.41, 5.74) is 1.20. The van der Waals surface area contributed by atoms with E-state index in [0.717, 1.165) is 0 Å². The lowest BCUT2D eigenvalue weighted by atomic mass is 10.2. The van der Waals surface area contributed by atoms with E-state index in [1.54, 1.807) is 0 Å². The highest BCUT2D eigenvalue weighted by Crippen LogP contribution is 2.22. The van der Waals surface area contributed by atoms with Crippen LogP contribution in [0.4, 0.5) is 0 Å². The molecule has 0 radical (unpaired) electrons. The molecule has 0 spiro atoms. The summed E-state index contributed by atoms with van der Waals surface area (Å²) in [6.07, 6.45) is 1.31. The lowest BCUT2D eigenvalue weighted by molar-refractivity contribution is -0.136. The summed E-state index contributed by atoms with van der Waals surface area (Å²) >= 11 is 0. The number of carbonyl (C=O) groups is 1. The Balaban J connectivity index is 2.42. The third kappa shape index (κ3) is 2.48. The highest BCUT2D eigenvalue weighted by molar-refractivity contribution is 5.69. The minimum Gasteiger partial charge on any atom is -0.492 e. The van der Waals surface area contributed by atoms with Crippen molar-refractivity contribution in [1.29, 1.82) is 0 Å². The van der Waals surface area contributed by atoms with E-state index in [1.165, 1.54) is 10.9 Å². The van der Waals surface area contributed by atoms with Gasteiger partial charge in [-0.1, -0.05) is 17.3 Å². The van der Waals surface area contributed by atoms with Crippen molar-refractivity contribution in [3.63, 3.8) is 0 Å². The molecule has 0 aliphatic carbocycles. The number of nitrogens with zero attached hydrogens (tertiary/aromatic N) is 3. The molecule has 1 aromatic heterocycles. The first-order valence-electron chi connectivity index (χ1n) is 5.56. The number of hydrogen-bond acceptors (Lipinski definition) is 4. The first-order valence-corrected chi connectivity index (χ1v) is 5.56. The normalized spacial score (nSPS) is 10.3. The first kappa shape index (κ1) is 12.1. The number of ether oxygens (including phenoxy) is 1. The van der Waals surface area contributed by atoms with Crippen molar-refractivity contribution < 1.29 is 14.6 Å². The quantitative estimate of drug-likeness (QED) is 0.861. The molecule has 1 heterocycles. The average Bonchev–Trinajstić information content (AvgIpc) is 2.77. The van der Waals surface area contributed by atoms with Crippen LogP contribution < -0.4 is 4.74 Å². The lowest BCUT2D eigenvalue weighted by Gasteiger charge is -2.10. The van der Waals surface area contributed by atoms with E-state index in [4.69, 9.17) is 9.84 Å². The summed E-state index contributed by atoms with van der Waals surface area (Å²) in [7, 11) is 0. The third-order valence-corrected chi connectivity index (χ3v) is 2.35. The van der Waals surface area contributed by atoms with Crippen LogP contribution >= 0.6 is 0 Å². The smallest absolute Gasteiger partial charge is 0.309 e. The van der Waals surface area contributed by atoms with Gasteiger partial charge in [0.15, 0.2) is 0 Å². The van der Waals surface area contributed by atoms with Crippen LogP contribution in [0.25, 0.3) is 5.69 Å². The van der Waals surface area contributed by atoms with Crippen molar-refractivity contribution in [2.75, 3.05) is 6.61 Å². The van der Waals surface area contributed by atoms with Crippen LogP contribution in [0, 0.1) is 0 Å². The molecule has 2 rings (SSSR count). The van der Waals surface area contributed by atoms with Gasteiger partial charge in [-0.15, -0.1) is 5.10 Å². The van der Waals surface area contributed by atoms with Gasteiger partial charge in [0.05, 0.1) is 24.9 Å². The van der Waals surface area contributed by atoms with Crippen molar-refractivity contribution in [1.82, 2.24) is 15.0 Å². The molecule has 6 heteroatoms. The van der Waals surface area contributed by atoms with Gasteiger partial charge in [-0.3, -0.25) is 4.79 Å². The molecule has 2 aromatic rings. The largest absolute Gasteiger partial charge is 0.492 e. The molecule has 0 bridgehead atoms. The van der Waals surface area contributed by atoms with E-state index >= 15 is 0 Å². The molecule has 0 unspecified atom stereocenters. The van der Waals surface area contributed by atoms with Crippen molar-refractivity contribution in [3.8, 4) is 11.4 Å². The zero-order valence-electron chi connectivity index (χ0n) is 9.91. The van der Waals surface area contributed by atoms with Crippen molar-refractivity contribution in [2.24, 2.45) is 0 Å². The fraction of sp³-hybridized carbons (Fsp3) is 0.250. The van der Waals surface area contributed by atoms with Gasteiger partial charge in [0.25, 0.3) is 0 Å². The van der Waals surface area contributed by atoms with Gasteiger partial charge in [0.2, 0.25) is 0 Å². The number of para-hydroxylation sites is 2. The fourth-order valence-electron chi connectivity index (χ4n) is 1.64. The topological polar surface area (TPSA) is 77.2 Å². The minimum atomic E-state index is -0.924. The summed E-state index contributed by atoms with van der Waals surface area (Å²) in [6, 6.07) is 7.31. The van der Waals surface area contributed by atoms with E-state index in [0.29, 0.717) is 23.7 Å². The molecule has 18 heavy (non-hydrogen) atoms. The standard InChI is InChI=1S/C12H13N3O3/c1-2-18-11-6-4-3-5-10(11)15-9(7-12(16)17)8-13-14-15/h3-6,8H,2,7H2,1H3,(H,16,17). The molecular weight excluding hydrogens is 234 g/mol. The number of aromatic nitrogens is 3. The Morgan fingerprint density at radius 3 is 2.94 bits per heavy atom. The number of aliphatic carboxylic acids is 1. The molecule has 0 saturated carbocycles. The predicted molar refractivity (Wildman–Crippen MR) is 63.9 cm³/mol. The Labute approximate surface area is 104 Å². The highest BCUT2D eigenvalue weighted by atomic mass is 16.5. The third-order valence-electron chi connectivity index (χ3n) is 2.35. The minimum absolute atomic E-state index is 0.131. The average molecular weight is 247 g/mol. The summed E-state index contributed by atoms with van der Waals surface area (Å²) in [6.45, 7) is 2.41. The Morgan fingerprint density at radius 1 is 1.44 bits per heavy atom. The maximum absolute atomic E-state index is 10.8. The van der Waals surface area contributed by atoms with Crippen molar-refractivity contribution in [2.45, 2.75) is 13.3 Å². The second-order valence-corrected chi connectivity index (χ2v) is 3.61. The van der Waals surface area contributed by atoms with Crippen LogP contribution in [0.3, 0.4) is 0 Å². The summed E-state index contributed by atoms with van der Waals surface area (Å²) < 4.78 is 6.97. The second-order valence-electron chi connectivity index (χ2n) is 3.61. The van der Waals surface area contributed by atoms with Crippen LogP contribution in [0.2, 0.25) is 0 Å². The van der Waals surface area contributed by atoms with E-state index in [1.807, 2.05) is 31.2 Å². The van der Waals surface area contributed by atoms with Crippen molar-refractivity contribution >= 4 is 5.97 Å². The summed E-state index contributed by atoms with van der Waals surface area (Å²) in [4.78, 5) is 10.8. The molecule has 0 saturated heterocycles. The Kier molecular flexibility index (Phi) is 3.57. The highest BCUT2D eigenvalue weighted by Gasteiger charge is 2.13. The molecule has 1 aromatic carbocycles. The molecule has 0 fully saturated rings. The number of benzene rings is 1. The molecule has 6 nitrogen and oxygen atoms in total. The van der Waals surface area contributed by atoms with E-state index < -0.39 is 5.97 Å². The van der Waals surface area contributed by atoms with Crippen molar-refractivity contribution in [3.05, 3.63) is 36.2 Å². The van der Waals surface area contributed by atoms with Crippen LogP contribution in [0.15, 0.2) is 30.5 Å². The van der Waals surface area contributed by atoms with Crippen LogP contribution in [0.5, 0.6) is 5.75 Å². The molecule has 1 N–H and O–H groups in total. The molecule has 0 amide bonds. The zero-order valence-corrected chi connectivity index (χ0v) is 9.91. The van der Waals surface area contributed by atoms with Crippen LogP contribution in [-0.2, 0) is 11.2 Å². The molecule has 0 aliphatic rings. The number of carboxylic acid groups (broad SMARTS) is 1. The van der Waals surface area contributed by atoms with E-state index in [2.05, 4.69) is 10.3 Å². The van der Waals surface area contributed by atoms with E-state index in [9.17, 15) is 4.79 Å². The molecule has 0 aliphatic heterocycles. The fourth-order valence-corrected chi connectivity index (χ4v) is 1.64. The maximum Gasteiger partial charge on any atom is 0.309 e. The van der Waals surface area contributed by atoms with Crippen LogP contribution in [-0.4, -0.2) is 32.7 Å². The lowest BCUT2D eigenvalue weighted by Crippen LogP contribution is -2.09. The van der Waals surface area contributed by atoms with Gasteiger partial charge in [-0.2, -0.15) is 0 Å². The predicted octanol–water partition coefficient (Wildman–Crippen LogP) is 1.29. The number of rotatable bonds is 5. The van der Waals surface area contributed by atoms with Gasteiger partial charge in [-0.05, 0) is 19.1 Å². The molecule has 94 valence electrons. The van der Waals surface area contributed by atoms with Gasteiger partial charge in [0.1, 0.15) is 11.4 Å². The maximum atomic E-state index is 10.8. The molecular formula is C12H13N3O3. The van der Waals surface area contributed by atoms with Gasteiger partial charge in [0, 0.05) is 0 Å². The Bertz CT molecular complexity index is 551. The zero-order chi connectivity index (χ0) is 13.0. The SMILES string of the molecule is CCOc1ccccc1-n1nncc1CC(=O)O. The summed E-state index contributed by atoms with van der Waals surface area (Å²) in [5, 5.41) is 16.5. The first-order chi connectivity index (χ1) is 8.72. The summed E-state index contributed by atoms with van der Waals surface area (Å²) in [5.74, 6) is -0.274. The van der Waals surface area contributed by atoms with Gasteiger partial charge in [-0.25, -0.2) is 4.68 Å². The Hall–Kier alpha value is -2.37.